The number of nitrogens with two attached hydrogens (primary N) is 2. The molecule has 0 saturated heterocycles. The molecule has 0 atom stereocenters. The van der Waals surface area contributed by atoms with E-state index in [0.717, 1.165) is 18.5 Å². The van der Waals surface area contributed by atoms with E-state index in [1.165, 1.54) is 0 Å². The van der Waals surface area contributed by atoms with Crippen LogP contribution in [0.15, 0.2) is 34.3 Å². The highest BCUT2D eigenvalue weighted by molar-refractivity contribution is 6.30. The monoisotopic (exact) mass is 303 g/mol. The molecule has 0 aromatic heterocycles. The minimum absolute atomic E-state index is 0. The van der Waals surface area contributed by atoms with Gasteiger partial charge in [0.1, 0.15) is 0 Å². The van der Waals surface area contributed by atoms with Crippen LogP contribution in [0.3, 0.4) is 0 Å². The van der Waals surface area contributed by atoms with Gasteiger partial charge in [-0.1, -0.05) is 24.9 Å². The Labute approximate surface area is 124 Å². The van der Waals surface area contributed by atoms with Gasteiger partial charge in [0.15, 0.2) is 0 Å². The minimum atomic E-state index is 0. The molecule has 0 amide bonds. The average molecular weight is 304 g/mol. The average Bonchev–Trinajstić information content (AvgIpc) is 2.32. The highest BCUT2D eigenvalue weighted by Crippen LogP contribution is 2.12. The van der Waals surface area contributed by atoms with Gasteiger partial charge in [-0.05, 0) is 30.7 Å². The standard InChI is InChI=1S/C12H18ClN5.ClH/c1-2-3-8-16-11(14)18-12(15)17-10-6-4-9(13)5-7-10;/h4-7H,2-3,8H2,1H3,(H5,14,15,16,17,18);1H. The first-order valence-electron chi connectivity index (χ1n) is 5.78. The first-order chi connectivity index (χ1) is 8.61. The first kappa shape index (κ1) is 17.5. The molecule has 0 fully saturated rings. The molecule has 19 heavy (non-hydrogen) atoms. The van der Waals surface area contributed by atoms with Crippen molar-refractivity contribution in [3.05, 3.63) is 29.3 Å². The zero-order valence-corrected chi connectivity index (χ0v) is 12.3. The van der Waals surface area contributed by atoms with E-state index in [2.05, 4.69) is 22.2 Å². The van der Waals surface area contributed by atoms with E-state index in [9.17, 15) is 0 Å². The second kappa shape index (κ2) is 9.47. The van der Waals surface area contributed by atoms with Gasteiger partial charge in [-0.3, -0.25) is 4.99 Å². The predicted octanol–water partition coefficient (Wildman–Crippen LogP) is 2.60. The van der Waals surface area contributed by atoms with E-state index < -0.39 is 0 Å². The van der Waals surface area contributed by atoms with Crippen molar-refractivity contribution in [3.63, 3.8) is 0 Å². The summed E-state index contributed by atoms with van der Waals surface area (Å²) < 4.78 is 0. The SMILES string of the molecule is CCCCN=C(N)N=C(N)Nc1ccc(Cl)cc1.Cl. The van der Waals surface area contributed by atoms with Crippen LogP contribution >= 0.6 is 24.0 Å². The first-order valence-corrected chi connectivity index (χ1v) is 6.16. The molecule has 0 spiro atoms. The Hall–Kier alpha value is -1.46. The van der Waals surface area contributed by atoms with Crippen molar-refractivity contribution in [2.75, 3.05) is 11.9 Å². The third kappa shape index (κ3) is 7.54. The van der Waals surface area contributed by atoms with Crippen LogP contribution < -0.4 is 16.8 Å². The van der Waals surface area contributed by atoms with Crippen LogP contribution in [0.4, 0.5) is 5.69 Å². The molecule has 5 N–H and O–H groups in total. The number of benzene rings is 1. The van der Waals surface area contributed by atoms with E-state index in [0.29, 0.717) is 11.6 Å². The quantitative estimate of drug-likeness (QED) is 0.454. The summed E-state index contributed by atoms with van der Waals surface area (Å²) in [5.41, 5.74) is 12.1. The lowest BCUT2D eigenvalue weighted by Gasteiger charge is -2.05. The molecular weight excluding hydrogens is 285 g/mol. The summed E-state index contributed by atoms with van der Waals surface area (Å²) in [4.78, 5) is 8.02. The Balaban J connectivity index is 0.00000324. The Morgan fingerprint density at radius 2 is 1.89 bits per heavy atom. The highest BCUT2D eigenvalue weighted by Gasteiger charge is 1.96. The number of rotatable bonds is 4. The molecule has 1 rings (SSSR count). The van der Waals surface area contributed by atoms with Gasteiger partial charge in [0.2, 0.25) is 11.9 Å². The van der Waals surface area contributed by atoms with E-state index in [4.69, 9.17) is 23.1 Å². The van der Waals surface area contributed by atoms with Crippen molar-refractivity contribution < 1.29 is 0 Å². The van der Waals surface area contributed by atoms with Crippen molar-refractivity contribution in [2.24, 2.45) is 21.5 Å². The lowest BCUT2D eigenvalue weighted by Crippen LogP contribution is -2.26. The highest BCUT2D eigenvalue weighted by atomic mass is 35.5. The van der Waals surface area contributed by atoms with Crippen LogP contribution in [-0.2, 0) is 0 Å². The normalized spacial score (nSPS) is 11.9. The number of nitrogens with zero attached hydrogens (tertiary/aromatic N) is 2. The van der Waals surface area contributed by atoms with Crippen molar-refractivity contribution in [3.8, 4) is 0 Å². The summed E-state index contributed by atoms with van der Waals surface area (Å²) in [6.45, 7) is 2.76. The van der Waals surface area contributed by atoms with Crippen LogP contribution in [0, 0.1) is 0 Å². The lowest BCUT2D eigenvalue weighted by molar-refractivity contribution is 0.806. The number of hydrogen-bond acceptors (Lipinski definition) is 1. The maximum atomic E-state index is 5.78. The van der Waals surface area contributed by atoms with Gasteiger partial charge in [-0.15, -0.1) is 12.4 Å². The van der Waals surface area contributed by atoms with Crippen molar-refractivity contribution in [1.82, 2.24) is 0 Å². The second-order valence-electron chi connectivity index (χ2n) is 3.72. The Kier molecular flexibility index (Phi) is 8.74. The van der Waals surface area contributed by atoms with Crippen molar-refractivity contribution in [2.45, 2.75) is 19.8 Å². The molecule has 0 unspecified atom stereocenters. The number of nitrogens with one attached hydrogen (secondary N) is 1. The molecule has 7 heteroatoms. The summed E-state index contributed by atoms with van der Waals surface area (Å²) in [5.74, 6) is 0.387. The topological polar surface area (TPSA) is 88.8 Å². The van der Waals surface area contributed by atoms with Gasteiger partial charge in [-0.2, -0.15) is 4.99 Å². The molecule has 106 valence electrons. The Morgan fingerprint density at radius 3 is 2.47 bits per heavy atom. The Morgan fingerprint density at radius 1 is 1.26 bits per heavy atom. The third-order valence-electron chi connectivity index (χ3n) is 2.14. The van der Waals surface area contributed by atoms with Crippen molar-refractivity contribution >= 4 is 41.6 Å². The molecular formula is C12H19Cl2N5. The molecule has 0 heterocycles. The van der Waals surface area contributed by atoms with Gasteiger partial charge >= 0.3 is 0 Å². The van der Waals surface area contributed by atoms with Gasteiger partial charge in [0.05, 0.1) is 0 Å². The molecule has 0 aliphatic rings. The van der Waals surface area contributed by atoms with Crippen LogP contribution in [-0.4, -0.2) is 18.5 Å². The van der Waals surface area contributed by atoms with Gasteiger partial charge in [0, 0.05) is 17.3 Å². The molecule has 0 radical (unpaired) electrons. The van der Waals surface area contributed by atoms with Crippen molar-refractivity contribution in [1.29, 1.82) is 0 Å². The zero-order chi connectivity index (χ0) is 13.4. The zero-order valence-electron chi connectivity index (χ0n) is 10.8. The summed E-state index contributed by atoms with van der Waals surface area (Å²) >= 11 is 5.78. The lowest BCUT2D eigenvalue weighted by atomic mass is 10.3. The number of anilines is 1. The predicted molar refractivity (Wildman–Crippen MR) is 85.3 cm³/mol. The van der Waals surface area contributed by atoms with Crippen LogP contribution in [0.2, 0.25) is 5.02 Å². The number of hydrogen-bond donors (Lipinski definition) is 3. The number of unbranched alkanes of at least 4 members (excludes halogenated alkanes) is 1. The maximum absolute atomic E-state index is 5.78. The van der Waals surface area contributed by atoms with Crippen LogP contribution in [0.5, 0.6) is 0 Å². The largest absolute Gasteiger partial charge is 0.369 e. The van der Waals surface area contributed by atoms with Gasteiger partial charge in [0.25, 0.3) is 0 Å². The minimum Gasteiger partial charge on any atom is -0.369 e. The van der Waals surface area contributed by atoms with Gasteiger partial charge in [-0.25, -0.2) is 0 Å². The van der Waals surface area contributed by atoms with E-state index in [1.54, 1.807) is 24.3 Å². The molecule has 5 nitrogen and oxygen atoms in total. The maximum Gasteiger partial charge on any atom is 0.218 e. The molecule has 1 aromatic rings. The van der Waals surface area contributed by atoms with E-state index >= 15 is 0 Å². The fraction of sp³-hybridized carbons (Fsp3) is 0.333. The molecule has 0 bridgehead atoms. The molecule has 1 aromatic carbocycles. The second-order valence-corrected chi connectivity index (χ2v) is 4.16. The molecule has 0 aliphatic carbocycles. The van der Waals surface area contributed by atoms with Crippen LogP contribution in [0.25, 0.3) is 0 Å². The summed E-state index contributed by atoms with van der Waals surface area (Å²) in [6.07, 6.45) is 2.06. The summed E-state index contributed by atoms with van der Waals surface area (Å²) in [5, 5.41) is 3.56. The number of aliphatic imine (C=N–C) groups is 2. The Bertz CT molecular complexity index is 428. The number of guanidine groups is 2. The summed E-state index contributed by atoms with van der Waals surface area (Å²) in [6, 6.07) is 7.12. The van der Waals surface area contributed by atoms with E-state index in [-0.39, 0.29) is 24.3 Å². The number of halogens is 2. The smallest absolute Gasteiger partial charge is 0.218 e. The van der Waals surface area contributed by atoms with Gasteiger partial charge < -0.3 is 16.8 Å². The molecule has 0 aliphatic heterocycles. The van der Waals surface area contributed by atoms with E-state index in [1.807, 2.05) is 0 Å². The van der Waals surface area contributed by atoms with Crippen LogP contribution in [0.1, 0.15) is 19.8 Å². The fourth-order valence-corrected chi connectivity index (χ4v) is 1.35. The third-order valence-corrected chi connectivity index (χ3v) is 2.39. The fourth-order valence-electron chi connectivity index (χ4n) is 1.22. The summed E-state index contributed by atoms with van der Waals surface area (Å²) in [7, 11) is 0. The molecule has 0 saturated carbocycles.